The van der Waals surface area contributed by atoms with Crippen LogP contribution in [0.4, 0.5) is 15.9 Å². The molecule has 0 unspecified atom stereocenters. The summed E-state index contributed by atoms with van der Waals surface area (Å²) in [4.78, 5) is 0.272. The summed E-state index contributed by atoms with van der Waals surface area (Å²) in [6, 6.07) is 4.64. The van der Waals surface area contributed by atoms with Crippen molar-refractivity contribution in [3.63, 3.8) is 0 Å². The van der Waals surface area contributed by atoms with E-state index in [1.807, 2.05) is 6.92 Å². The number of rotatable bonds is 3. The molecule has 1 heterocycles. The molecule has 0 aliphatic heterocycles. The monoisotopic (exact) mass is 342 g/mol. The Kier molecular flexibility index (Phi) is 3.86. The zero-order chi connectivity index (χ0) is 14.2. The van der Waals surface area contributed by atoms with Crippen LogP contribution in [0.3, 0.4) is 0 Å². The largest absolute Gasteiger partial charge is 0.389 e. The van der Waals surface area contributed by atoms with Crippen molar-refractivity contribution in [2.24, 2.45) is 12.8 Å². The van der Waals surface area contributed by atoms with E-state index in [-0.39, 0.29) is 10.8 Å². The van der Waals surface area contributed by atoms with Crippen LogP contribution in [0.5, 0.6) is 0 Å². The van der Waals surface area contributed by atoms with Crippen LogP contribution < -0.4 is 11.1 Å². The lowest BCUT2D eigenvalue weighted by Crippen LogP contribution is -2.13. The highest BCUT2D eigenvalue weighted by molar-refractivity contribution is 9.10. The average molecular weight is 343 g/mol. The van der Waals surface area contributed by atoms with E-state index >= 15 is 0 Å². The summed E-state index contributed by atoms with van der Waals surface area (Å²) in [5.41, 5.74) is 7.86. The molecule has 0 amide bonds. The van der Waals surface area contributed by atoms with Gasteiger partial charge in [-0.05, 0) is 41.1 Å². The summed E-state index contributed by atoms with van der Waals surface area (Å²) in [7, 11) is 1.79. The number of nitrogens with zero attached hydrogens (tertiary/aromatic N) is 2. The maximum atomic E-state index is 13.2. The molecule has 3 N–H and O–H groups in total. The Hall–Kier alpha value is -1.47. The summed E-state index contributed by atoms with van der Waals surface area (Å²) in [5.74, 6) is 0.366. The molecular weight excluding hydrogens is 331 g/mol. The second-order valence-corrected chi connectivity index (χ2v) is 5.34. The molecule has 0 aliphatic rings. The smallest absolute Gasteiger partial charge is 0.138 e. The zero-order valence-corrected chi connectivity index (χ0v) is 12.8. The van der Waals surface area contributed by atoms with Gasteiger partial charge in [-0.15, -0.1) is 0 Å². The molecule has 19 heavy (non-hydrogen) atoms. The first kappa shape index (κ1) is 14.0. The minimum absolute atomic E-state index is 0.272. The lowest BCUT2D eigenvalue weighted by Gasteiger charge is -2.09. The van der Waals surface area contributed by atoms with E-state index in [0.29, 0.717) is 21.5 Å². The van der Waals surface area contributed by atoms with Gasteiger partial charge in [0.2, 0.25) is 0 Å². The fraction of sp³-hybridized carbons (Fsp3) is 0.167. The van der Waals surface area contributed by atoms with E-state index in [1.165, 1.54) is 6.07 Å². The molecule has 0 bridgehead atoms. The van der Waals surface area contributed by atoms with Gasteiger partial charge >= 0.3 is 0 Å². The number of halogens is 2. The third kappa shape index (κ3) is 2.76. The fourth-order valence-electron chi connectivity index (χ4n) is 1.81. The predicted octanol–water partition coefficient (Wildman–Crippen LogP) is 3.01. The molecule has 0 aliphatic carbocycles. The molecule has 4 nitrogen and oxygen atoms in total. The minimum atomic E-state index is -0.318. The van der Waals surface area contributed by atoms with Crippen molar-refractivity contribution in [3.05, 3.63) is 39.7 Å². The summed E-state index contributed by atoms with van der Waals surface area (Å²) < 4.78 is 15.2. The first-order valence-corrected chi connectivity index (χ1v) is 6.65. The van der Waals surface area contributed by atoms with Crippen LogP contribution >= 0.6 is 28.1 Å². The molecule has 0 spiro atoms. The van der Waals surface area contributed by atoms with Gasteiger partial charge in [0.05, 0.1) is 15.7 Å². The second-order valence-electron chi connectivity index (χ2n) is 4.05. The van der Waals surface area contributed by atoms with Crippen molar-refractivity contribution < 1.29 is 4.39 Å². The van der Waals surface area contributed by atoms with Crippen LogP contribution in [0.25, 0.3) is 0 Å². The SMILES string of the molecule is Cc1nn(C)c(Nc2ccc(F)c(Br)c2)c1C(N)=S. The molecule has 0 radical (unpaired) electrons. The molecule has 0 atom stereocenters. The molecule has 0 fully saturated rings. The molecule has 100 valence electrons. The van der Waals surface area contributed by atoms with Crippen molar-refractivity contribution in [2.45, 2.75) is 6.92 Å². The number of thiocarbonyl (C=S) groups is 1. The molecule has 0 saturated carbocycles. The van der Waals surface area contributed by atoms with E-state index in [2.05, 4.69) is 26.3 Å². The summed E-state index contributed by atoms with van der Waals surface area (Å²) in [5, 5.41) is 7.42. The van der Waals surface area contributed by atoms with Crippen molar-refractivity contribution in [2.75, 3.05) is 5.32 Å². The maximum Gasteiger partial charge on any atom is 0.138 e. The lowest BCUT2D eigenvalue weighted by atomic mass is 10.2. The standard InChI is InChI=1S/C12H12BrFN4S/c1-6-10(11(15)19)12(18(2)17-6)16-7-3-4-9(14)8(13)5-7/h3-5,16H,1-2H3,(H2,15,19). The summed E-state index contributed by atoms with van der Waals surface area (Å²) >= 11 is 8.17. The maximum absolute atomic E-state index is 13.2. The van der Waals surface area contributed by atoms with Crippen molar-refractivity contribution in [3.8, 4) is 0 Å². The number of hydrogen-bond acceptors (Lipinski definition) is 3. The van der Waals surface area contributed by atoms with E-state index in [9.17, 15) is 4.39 Å². The van der Waals surface area contributed by atoms with Crippen molar-refractivity contribution in [1.29, 1.82) is 0 Å². The Morgan fingerprint density at radius 3 is 2.79 bits per heavy atom. The molecule has 0 saturated heterocycles. The van der Waals surface area contributed by atoms with Crippen molar-refractivity contribution >= 4 is 44.6 Å². The number of nitrogens with one attached hydrogen (secondary N) is 1. The van der Waals surface area contributed by atoms with Gasteiger partial charge in [0, 0.05) is 12.7 Å². The average Bonchev–Trinajstić information content (AvgIpc) is 2.59. The van der Waals surface area contributed by atoms with Gasteiger partial charge in [-0.3, -0.25) is 4.68 Å². The minimum Gasteiger partial charge on any atom is -0.389 e. The van der Waals surface area contributed by atoms with Gasteiger partial charge in [-0.2, -0.15) is 5.10 Å². The lowest BCUT2D eigenvalue weighted by molar-refractivity contribution is 0.621. The van der Waals surface area contributed by atoms with E-state index in [4.69, 9.17) is 18.0 Å². The Balaban J connectivity index is 2.43. The van der Waals surface area contributed by atoms with Gasteiger partial charge in [0.1, 0.15) is 16.6 Å². The van der Waals surface area contributed by atoms with Gasteiger partial charge < -0.3 is 11.1 Å². The quantitative estimate of drug-likeness (QED) is 0.842. The van der Waals surface area contributed by atoms with Crippen LogP contribution in [-0.2, 0) is 7.05 Å². The van der Waals surface area contributed by atoms with E-state index < -0.39 is 0 Å². The van der Waals surface area contributed by atoms with E-state index in [0.717, 1.165) is 5.69 Å². The van der Waals surface area contributed by atoms with Crippen LogP contribution in [0.1, 0.15) is 11.3 Å². The van der Waals surface area contributed by atoms with Crippen LogP contribution in [0, 0.1) is 12.7 Å². The number of nitrogens with two attached hydrogens (primary N) is 1. The highest BCUT2D eigenvalue weighted by Gasteiger charge is 2.15. The molecule has 1 aromatic carbocycles. The van der Waals surface area contributed by atoms with Gasteiger partial charge in [-0.25, -0.2) is 4.39 Å². The molecule has 7 heteroatoms. The first-order chi connectivity index (χ1) is 8.90. The fourth-order valence-corrected chi connectivity index (χ4v) is 2.43. The Labute approximate surface area is 123 Å². The molecular formula is C12H12BrFN4S. The molecule has 1 aromatic heterocycles. The van der Waals surface area contributed by atoms with Gasteiger partial charge in [0.15, 0.2) is 0 Å². The number of anilines is 2. The van der Waals surface area contributed by atoms with Crippen LogP contribution in [0.15, 0.2) is 22.7 Å². The van der Waals surface area contributed by atoms with Crippen molar-refractivity contribution in [1.82, 2.24) is 9.78 Å². The Morgan fingerprint density at radius 2 is 2.21 bits per heavy atom. The first-order valence-electron chi connectivity index (χ1n) is 5.45. The topological polar surface area (TPSA) is 55.9 Å². The Bertz CT molecular complexity index is 653. The highest BCUT2D eigenvalue weighted by atomic mass is 79.9. The summed E-state index contributed by atoms with van der Waals surface area (Å²) in [6.07, 6.45) is 0. The number of aryl methyl sites for hydroxylation is 2. The predicted molar refractivity (Wildman–Crippen MR) is 81.2 cm³/mol. The van der Waals surface area contributed by atoms with Crippen LogP contribution in [-0.4, -0.2) is 14.8 Å². The second kappa shape index (κ2) is 5.26. The molecule has 2 rings (SSSR count). The third-order valence-corrected chi connectivity index (χ3v) is 3.46. The normalized spacial score (nSPS) is 10.5. The Morgan fingerprint density at radius 1 is 1.53 bits per heavy atom. The van der Waals surface area contributed by atoms with E-state index in [1.54, 1.807) is 23.9 Å². The van der Waals surface area contributed by atoms with Gasteiger partial charge in [0.25, 0.3) is 0 Å². The molecule has 2 aromatic rings. The number of aromatic nitrogens is 2. The summed E-state index contributed by atoms with van der Waals surface area (Å²) in [6.45, 7) is 1.83. The number of hydrogen-bond donors (Lipinski definition) is 2. The van der Waals surface area contributed by atoms with Crippen LogP contribution in [0.2, 0.25) is 0 Å². The van der Waals surface area contributed by atoms with Gasteiger partial charge in [-0.1, -0.05) is 12.2 Å². The zero-order valence-electron chi connectivity index (χ0n) is 10.4. The third-order valence-electron chi connectivity index (χ3n) is 2.65. The highest BCUT2D eigenvalue weighted by Crippen LogP contribution is 2.26. The number of benzene rings is 1.